The van der Waals surface area contributed by atoms with E-state index >= 15 is 0 Å². The molecule has 2 aliphatic rings. The van der Waals surface area contributed by atoms with E-state index in [2.05, 4.69) is 5.32 Å². The molecule has 31 heavy (non-hydrogen) atoms. The lowest BCUT2D eigenvalue weighted by molar-refractivity contribution is -0.160. The highest BCUT2D eigenvalue weighted by Crippen LogP contribution is 2.25. The minimum atomic E-state index is -3.79. The summed E-state index contributed by atoms with van der Waals surface area (Å²) in [6, 6.07) is 4.05. The molecule has 0 unspecified atom stereocenters. The van der Waals surface area contributed by atoms with Gasteiger partial charge in [0.05, 0.1) is 22.3 Å². The number of halogens is 1. The molecule has 0 radical (unpaired) electrons. The SMILES string of the molecule is C[C@@H](OC(=O)C1CCN(S(=O)(=O)c2ccc(F)cc2)CC1)C(=O)N[C@H]1CCS(=O)(=O)C1. The van der Waals surface area contributed by atoms with Crippen molar-refractivity contribution in [1.82, 2.24) is 9.62 Å². The van der Waals surface area contributed by atoms with Crippen molar-refractivity contribution < 1.29 is 35.6 Å². The van der Waals surface area contributed by atoms with Gasteiger partial charge in [-0.1, -0.05) is 0 Å². The number of benzene rings is 1. The van der Waals surface area contributed by atoms with Gasteiger partial charge in [-0.05, 0) is 50.5 Å². The molecule has 0 saturated carbocycles. The van der Waals surface area contributed by atoms with E-state index in [1.54, 1.807) is 0 Å². The number of carbonyl (C=O) groups is 2. The summed E-state index contributed by atoms with van der Waals surface area (Å²) >= 11 is 0. The molecule has 12 heteroatoms. The Hall–Kier alpha value is -2.05. The molecular formula is C19H25FN2O7S2. The molecule has 2 atom stereocenters. The van der Waals surface area contributed by atoms with Crippen molar-refractivity contribution in [3.63, 3.8) is 0 Å². The lowest BCUT2D eigenvalue weighted by atomic mass is 9.98. The van der Waals surface area contributed by atoms with Gasteiger partial charge in [-0.2, -0.15) is 4.31 Å². The maximum absolute atomic E-state index is 13.1. The van der Waals surface area contributed by atoms with Gasteiger partial charge in [0.25, 0.3) is 5.91 Å². The number of rotatable bonds is 6. The zero-order valence-corrected chi connectivity index (χ0v) is 18.6. The van der Waals surface area contributed by atoms with Crippen LogP contribution in [0.25, 0.3) is 0 Å². The number of hydrogen-bond donors (Lipinski definition) is 1. The smallest absolute Gasteiger partial charge is 0.309 e. The molecule has 0 aliphatic carbocycles. The third kappa shape index (κ3) is 5.80. The molecule has 1 aromatic carbocycles. The third-order valence-electron chi connectivity index (χ3n) is 5.48. The van der Waals surface area contributed by atoms with Gasteiger partial charge < -0.3 is 10.1 Å². The minimum absolute atomic E-state index is 0.0193. The monoisotopic (exact) mass is 476 g/mol. The van der Waals surface area contributed by atoms with Crippen molar-refractivity contribution in [1.29, 1.82) is 0 Å². The number of carbonyl (C=O) groups excluding carboxylic acids is 2. The normalized spacial score (nSPS) is 23.2. The summed E-state index contributed by atoms with van der Waals surface area (Å²) in [6.45, 7) is 1.60. The van der Waals surface area contributed by atoms with Crippen LogP contribution in [-0.4, -0.2) is 69.8 Å². The summed E-state index contributed by atoms with van der Waals surface area (Å²) < 4.78 is 67.8. The molecule has 1 aromatic rings. The first-order valence-corrected chi connectivity index (χ1v) is 13.2. The van der Waals surface area contributed by atoms with Gasteiger partial charge in [-0.3, -0.25) is 9.59 Å². The number of sulfonamides is 1. The van der Waals surface area contributed by atoms with Gasteiger partial charge >= 0.3 is 5.97 Å². The van der Waals surface area contributed by atoms with Gasteiger partial charge in [0.1, 0.15) is 5.82 Å². The van der Waals surface area contributed by atoms with Gasteiger partial charge in [-0.25, -0.2) is 21.2 Å². The zero-order chi connectivity index (χ0) is 22.8. The Balaban J connectivity index is 1.49. The van der Waals surface area contributed by atoms with Crippen molar-refractivity contribution in [3.05, 3.63) is 30.1 Å². The number of piperidine rings is 1. The molecular weight excluding hydrogens is 451 g/mol. The molecule has 0 aromatic heterocycles. The maximum Gasteiger partial charge on any atom is 0.309 e. The second kappa shape index (κ2) is 9.21. The lowest BCUT2D eigenvalue weighted by Gasteiger charge is -2.30. The number of hydrogen-bond acceptors (Lipinski definition) is 7. The molecule has 2 aliphatic heterocycles. The zero-order valence-electron chi connectivity index (χ0n) is 17.0. The van der Waals surface area contributed by atoms with Crippen LogP contribution in [0.4, 0.5) is 4.39 Å². The largest absolute Gasteiger partial charge is 0.452 e. The molecule has 0 spiro atoms. The van der Waals surface area contributed by atoms with Gasteiger partial charge in [0.2, 0.25) is 10.0 Å². The maximum atomic E-state index is 13.1. The first-order chi connectivity index (χ1) is 14.5. The van der Waals surface area contributed by atoms with Crippen LogP contribution in [0.15, 0.2) is 29.2 Å². The summed E-state index contributed by atoms with van der Waals surface area (Å²) in [5.74, 6) is -2.35. The van der Waals surface area contributed by atoms with E-state index in [-0.39, 0.29) is 42.3 Å². The fraction of sp³-hybridized carbons (Fsp3) is 0.579. The van der Waals surface area contributed by atoms with Crippen molar-refractivity contribution in [2.75, 3.05) is 24.6 Å². The second-order valence-electron chi connectivity index (χ2n) is 7.82. The Labute approximate surface area is 180 Å². The fourth-order valence-electron chi connectivity index (χ4n) is 3.64. The Morgan fingerprint density at radius 1 is 1.16 bits per heavy atom. The van der Waals surface area contributed by atoms with E-state index in [1.807, 2.05) is 0 Å². The molecule has 172 valence electrons. The highest BCUT2D eigenvalue weighted by Gasteiger charge is 2.35. The average Bonchev–Trinajstić information content (AvgIpc) is 3.06. The van der Waals surface area contributed by atoms with Crippen molar-refractivity contribution in [3.8, 4) is 0 Å². The van der Waals surface area contributed by atoms with E-state index in [4.69, 9.17) is 4.74 Å². The van der Waals surface area contributed by atoms with E-state index in [0.717, 1.165) is 12.1 Å². The minimum Gasteiger partial charge on any atom is -0.452 e. The van der Waals surface area contributed by atoms with E-state index in [9.17, 15) is 30.8 Å². The highest BCUT2D eigenvalue weighted by molar-refractivity contribution is 7.91. The molecule has 0 bridgehead atoms. The summed E-state index contributed by atoms with van der Waals surface area (Å²) in [5.41, 5.74) is 0. The number of nitrogens with one attached hydrogen (secondary N) is 1. The predicted molar refractivity (Wildman–Crippen MR) is 109 cm³/mol. The molecule has 1 N–H and O–H groups in total. The summed E-state index contributed by atoms with van der Waals surface area (Å²) in [6.07, 6.45) is -0.296. The van der Waals surface area contributed by atoms with Crippen LogP contribution in [0.1, 0.15) is 26.2 Å². The summed E-state index contributed by atoms with van der Waals surface area (Å²) in [4.78, 5) is 24.6. The fourth-order valence-corrected chi connectivity index (χ4v) is 6.78. The lowest BCUT2D eigenvalue weighted by Crippen LogP contribution is -2.44. The van der Waals surface area contributed by atoms with Crippen molar-refractivity contribution in [2.24, 2.45) is 5.92 Å². The van der Waals surface area contributed by atoms with Crippen LogP contribution >= 0.6 is 0 Å². The van der Waals surface area contributed by atoms with Crippen LogP contribution in [0.3, 0.4) is 0 Å². The molecule has 1 amide bonds. The van der Waals surface area contributed by atoms with Crippen LogP contribution in [0.5, 0.6) is 0 Å². The van der Waals surface area contributed by atoms with Crippen LogP contribution < -0.4 is 5.32 Å². The summed E-state index contributed by atoms with van der Waals surface area (Å²) in [5, 5.41) is 2.58. The Morgan fingerprint density at radius 2 is 1.77 bits per heavy atom. The number of amides is 1. The molecule has 3 rings (SSSR count). The topological polar surface area (TPSA) is 127 Å². The van der Waals surface area contributed by atoms with Crippen LogP contribution in [-0.2, 0) is 34.2 Å². The molecule has 9 nitrogen and oxygen atoms in total. The quantitative estimate of drug-likeness (QED) is 0.591. The van der Waals surface area contributed by atoms with Gasteiger partial charge in [0, 0.05) is 19.1 Å². The predicted octanol–water partition coefficient (Wildman–Crippen LogP) is 0.461. The Bertz CT molecular complexity index is 1030. The van der Waals surface area contributed by atoms with E-state index in [1.165, 1.54) is 23.4 Å². The van der Waals surface area contributed by atoms with Crippen LogP contribution in [0.2, 0.25) is 0 Å². The highest BCUT2D eigenvalue weighted by atomic mass is 32.2. The van der Waals surface area contributed by atoms with E-state index < -0.39 is 55.6 Å². The standard InChI is InChI=1S/C19H25FN2O7S2/c1-13(18(23)21-16-8-11-30(25,26)12-16)29-19(24)14-6-9-22(10-7-14)31(27,28)17-4-2-15(20)3-5-17/h2-5,13-14,16H,6-12H2,1H3,(H,21,23)/t13-,16+/m1/s1. The van der Waals surface area contributed by atoms with Crippen molar-refractivity contribution in [2.45, 2.75) is 43.2 Å². The van der Waals surface area contributed by atoms with Gasteiger partial charge in [-0.15, -0.1) is 0 Å². The van der Waals surface area contributed by atoms with Crippen molar-refractivity contribution >= 4 is 31.7 Å². The summed E-state index contributed by atoms with van der Waals surface area (Å²) in [7, 11) is -6.93. The van der Waals surface area contributed by atoms with Crippen LogP contribution in [0, 0.1) is 11.7 Å². The Morgan fingerprint density at radius 3 is 2.32 bits per heavy atom. The first kappa shape index (κ1) is 23.6. The number of nitrogens with zero attached hydrogens (tertiary/aromatic N) is 1. The van der Waals surface area contributed by atoms with E-state index in [0.29, 0.717) is 6.42 Å². The molecule has 2 heterocycles. The second-order valence-corrected chi connectivity index (χ2v) is 12.0. The van der Waals surface area contributed by atoms with Gasteiger partial charge in [0.15, 0.2) is 15.9 Å². The number of sulfone groups is 1. The first-order valence-electron chi connectivity index (χ1n) is 9.95. The Kier molecular flexibility index (Phi) is 7.01. The number of esters is 1. The number of ether oxygens (including phenoxy) is 1. The molecule has 2 saturated heterocycles. The average molecular weight is 477 g/mol. The molecule has 2 fully saturated rings. The third-order valence-corrected chi connectivity index (χ3v) is 9.16.